The van der Waals surface area contributed by atoms with Gasteiger partial charge in [-0.3, -0.25) is 0 Å². The van der Waals surface area contributed by atoms with E-state index in [0.717, 1.165) is 12.6 Å². The smallest absolute Gasteiger partial charge is 0.333 e. The Hall–Kier alpha value is -1.66. The molecule has 0 aliphatic rings. The normalized spacial score (nSPS) is 9.25. The van der Waals surface area contributed by atoms with Gasteiger partial charge in [-0.05, 0) is 21.0 Å². The van der Waals surface area contributed by atoms with Crippen LogP contribution in [-0.4, -0.2) is 62.4 Å². The number of likely N-dealkylation sites (N-methyl/N-ethyl adjacent to an activating group) is 1. The van der Waals surface area contributed by atoms with Gasteiger partial charge in [0.2, 0.25) is 0 Å². The molecule has 0 atom stereocenters. The fraction of sp³-hybridized carbons (Fsp3) is 0.571. The highest BCUT2D eigenvalue weighted by Crippen LogP contribution is 1.91. The topological polar surface area (TPSA) is 76.1 Å². The molecule has 0 fully saturated rings. The van der Waals surface area contributed by atoms with Crippen LogP contribution in [0.2, 0.25) is 0 Å². The Morgan fingerprint density at radius 3 is 2.25 bits per heavy atom. The number of esters is 2. The highest BCUT2D eigenvalue weighted by molar-refractivity contribution is 5.86. The Morgan fingerprint density at radius 2 is 1.85 bits per heavy atom. The molecule has 116 valence electrons. The Labute approximate surface area is 120 Å². The predicted molar refractivity (Wildman–Crippen MR) is 77.2 cm³/mol. The molecule has 6 heteroatoms. The maximum atomic E-state index is 10.8. The molecule has 0 aromatic heterocycles. The summed E-state index contributed by atoms with van der Waals surface area (Å²) in [5.74, 6) is -0.754. The van der Waals surface area contributed by atoms with Crippen LogP contribution in [0.4, 0.5) is 0 Å². The van der Waals surface area contributed by atoms with E-state index < -0.39 is 5.97 Å². The van der Waals surface area contributed by atoms with E-state index in [2.05, 4.69) is 17.9 Å². The average molecular weight is 287 g/mol. The van der Waals surface area contributed by atoms with Crippen LogP contribution in [0.25, 0.3) is 0 Å². The summed E-state index contributed by atoms with van der Waals surface area (Å²) in [5.41, 5.74) is 0.448. The minimum Gasteiger partial charge on any atom is -0.462 e. The van der Waals surface area contributed by atoms with Gasteiger partial charge in [-0.25, -0.2) is 9.59 Å². The Kier molecular flexibility index (Phi) is 14.2. The van der Waals surface area contributed by atoms with Crippen LogP contribution < -0.4 is 0 Å². The van der Waals surface area contributed by atoms with Crippen molar-refractivity contribution in [1.29, 1.82) is 0 Å². The fourth-order valence-corrected chi connectivity index (χ4v) is 0.740. The van der Waals surface area contributed by atoms with Crippen LogP contribution in [0.15, 0.2) is 24.8 Å². The Morgan fingerprint density at radius 1 is 1.25 bits per heavy atom. The van der Waals surface area contributed by atoms with E-state index in [4.69, 9.17) is 9.84 Å². The zero-order chi connectivity index (χ0) is 16.0. The number of rotatable bonds is 8. The highest BCUT2D eigenvalue weighted by Gasteiger charge is 2.01. The molecule has 0 aromatic carbocycles. The summed E-state index contributed by atoms with van der Waals surface area (Å²) in [6, 6.07) is 0. The molecule has 0 aliphatic heterocycles. The first kappa shape index (κ1) is 20.7. The molecule has 0 rings (SSSR count). The lowest BCUT2D eigenvalue weighted by Gasteiger charge is -2.09. The molecule has 0 aliphatic carbocycles. The number of ether oxygens (including phenoxy) is 2. The third-order valence-electron chi connectivity index (χ3n) is 1.83. The second kappa shape index (κ2) is 13.8. The molecule has 6 nitrogen and oxygen atoms in total. The molecule has 0 bridgehead atoms. The molecule has 0 saturated heterocycles. The van der Waals surface area contributed by atoms with Crippen LogP contribution >= 0.6 is 0 Å². The molecule has 0 heterocycles. The van der Waals surface area contributed by atoms with Gasteiger partial charge in [-0.1, -0.05) is 13.2 Å². The number of aliphatic hydroxyl groups is 1. The summed E-state index contributed by atoms with van der Waals surface area (Å²) >= 11 is 0. The number of aliphatic hydroxyl groups excluding tert-OH is 1. The molecular formula is C14H25NO5. The summed E-state index contributed by atoms with van der Waals surface area (Å²) < 4.78 is 9.35. The van der Waals surface area contributed by atoms with Gasteiger partial charge in [0.1, 0.15) is 6.61 Å². The zero-order valence-electron chi connectivity index (χ0n) is 12.6. The lowest BCUT2D eigenvalue weighted by molar-refractivity contribution is -0.139. The molecule has 0 spiro atoms. The van der Waals surface area contributed by atoms with Crippen molar-refractivity contribution in [3.63, 3.8) is 0 Å². The van der Waals surface area contributed by atoms with E-state index in [0.29, 0.717) is 18.6 Å². The van der Waals surface area contributed by atoms with E-state index in [1.54, 1.807) is 6.92 Å². The molecule has 0 aromatic rings. The highest BCUT2D eigenvalue weighted by atomic mass is 16.5. The lowest BCUT2D eigenvalue weighted by atomic mass is 10.4. The third kappa shape index (κ3) is 16.3. The van der Waals surface area contributed by atoms with Crippen LogP contribution in [0.1, 0.15) is 13.3 Å². The molecule has 0 unspecified atom stereocenters. The third-order valence-corrected chi connectivity index (χ3v) is 1.83. The summed E-state index contributed by atoms with van der Waals surface area (Å²) in [5, 5.41) is 8.23. The molecule has 1 N–H and O–H groups in total. The van der Waals surface area contributed by atoms with Crippen molar-refractivity contribution in [2.45, 2.75) is 13.3 Å². The summed E-state index contributed by atoms with van der Waals surface area (Å²) in [6.07, 6.45) is 1.58. The van der Waals surface area contributed by atoms with Crippen LogP contribution in [0, 0.1) is 0 Å². The van der Waals surface area contributed by atoms with Crippen molar-refractivity contribution in [1.82, 2.24) is 4.90 Å². The number of hydrogen-bond donors (Lipinski definition) is 1. The van der Waals surface area contributed by atoms with Gasteiger partial charge in [0.25, 0.3) is 0 Å². The number of carbonyl (C=O) groups is 2. The number of carbonyl (C=O) groups excluding carboxylic acids is 2. The number of nitrogens with zero attached hydrogens (tertiary/aromatic N) is 1. The zero-order valence-corrected chi connectivity index (χ0v) is 12.6. The molecule has 0 radical (unpaired) electrons. The minimum absolute atomic E-state index is 0.0461. The monoisotopic (exact) mass is 287 g/mol. The first-order chi connectivity index (χ1) is 9.34. The largest absolute Gasteiger partial charge is 0.462 e. The van der Waals surface area contributed by atoms with Crippen molar-refractivity contribution in [2.75, 3.05) is 40.5 Å². The molecule has 20 heavy (non-hydrogen) atoms. The maximum Gasteiger partial charge on any atom is 0.333 e. The fourth-order valence-electron chi connectivity index (χ4n) is 0.740. The van der Waals surface area contributed by atoms with Crippen molar-refractivity contribution in [3.05, 3.63) is 24.8 Å². The van der Waals surface area contributed by atoms with Gasteiger partial charge in [-0.2, -0.15) is 0 Å². The second-order valence-electron chi connectivity index (χ2n) is 4.17. The summed E-state index contributed by atoms with van der Waals surface area (Å²) in [7, 11) is 3.85. The predicted octanol–water partition coefficient (Wildman–Crippen LogP) is 0.765. The van der Waals surface area contributed by atoms with Gasteiger partial charge in [0.05, 0.1) is 6.61 Å². The van der Waals surface area contributed by atoms with E-state index in [1.165, 1.54) is 0 Å². The van der Waals surface area contributed by atoms with Crippen molar-refractivity contribution in [2.24, 2.45) is 0 Å². The SMILES string of the molecule is C=C(C)C(=O)OCCN(C)C.C=CC(=O)OCCCO. The van der Waals surface area contributed by atoms with Gasteiger partial charge >= 0.3 is 11.9 Å². The summed E-state index contributed by atoms with van der Waals surface area (Å²) in [6.45, 7) is 9.79. The van der Waals surface area contributed by atoms with Gasteiger partial charge in [0.15, 0.2) is 0 Å². The molecular weight excluding hydrogens is 262 g/mol. The average Bonchev–Trinajstić information content (AvgIpc) is 2.38. The van der Waals surface area contributed by atoms with Crippen molar-refractivity contribution < 1.29 is 24.2 Å². The van der Waals surface area contributed by atoms with E-state index in [-0.39, 0.29) is 19.2 Å². The summed E-state index contributed by atoms with van der Waals surface area (Å²) in [4.78, 5) is 23.0. The first-order valence-corrected chi connectivity index (χ1v) is 6.22. The van der Waals surface area contributed by atoms with Crippen LogP contribution in [0.5, 0.6) is 0 Å². The lowest BCUT2D eigenvalue weighted by Crippen LogP contribution is -2.20. The van der Waals surface area contributed by atoms with E-state index in [1.807, 2.05) is 19.0 Å². The standard InChI is InChI=1S/C8H15NO2.C6H10O3/c1-7(2)8(10)11-6-5-9(3)4;1-2-6(8)9-5-3-4-7/h1,5-6H2,2-4H3;2,7H,1,3-5H2. The van der Waals surface area contributed by atoms with E-state index in [9.17, 15) is 9.59 Å². The molecule has 0 saturated carbocycles. The van der Waals surface area contributed by atoms with Gasteiger partial charge in [0, 0.05) is 31.2 Å². The Balaban J connectivity index is 0. The van der Waals surface area contributed by atoms with E-state index >= 15 is 0 Å². The number of hydrogen-bond acceptors (Lipinski definition) is 6. The quantitative estimate of drug-likeness (QED) is 0.403. The van der Waals surface area contributed by atoms with Crippen LogP contribution in [-0.2, 0) is 19.1 Å². The Bertz CT molecular complexity index is 313. The first-order valence-electron chi connectivity index (χ1n) is 6.22. The second-order valence-corrected chi connectivity index (χ2v) is 4.17. The molecule has 0 amide bonds. The van der Waals surface area contributed by atoms with Crippen molar-refractivity contribution in [3.8, 4) is 0 Å². The van der Waals surface area contributed by atoms with Crippen LogP contribution in [0.3, 0.4) is 0 Å². The van der Waals surface area contributed by atoms with Gasteiger partial charge in [-0.15, -0.1) is 0 Å². The maximum absolute atomic E-state index is 10.8. The van der Waals surface area contributed by atoms with Crippen molar-refractivity contribution >= 4 is 11.9 Å². The minimum atomic E-state index is -0.441. The van der Waals surface area contributed by atoms with Gasteiger partial charge < -0.3 is 19.5 Å².